The molecule has 0 amide bonds. The molecule has 4 rings (SSSR count). The van der Waals surface area contributed by atoms with Crippen LogP contribution in [0.5, 0.6) is 11.5 Å². The number of hydrogen-bond acceptors (Lipinski definition) is 6. The number of aromatic nitrogens is 1. The van der Waals surface area contributed by atoms with Gasteiger partial charge < -0.3 is 14.8 Å². The summed E-state index contributed by atoms with van der Waals surface area (Å²) in [5, 5.41) is 16.1. The average molecular weight is 416 g/mol. The van der Waals surface area contributed by atoms with E-state index in [1.54, 1.807) is 24.4 Å². The average Bonchev–Trinajstić information content (AvgIpc) is 3.33. The molecule has 27 heavy (non-hydrogen) atoms. The number of fused-ring (bicyclic) bond motifs is 1. The van der Waals surface area contributed by atoms with Gasteiger partial charge in [0.1, 0.15) is 16.6 Å². The van der Waals surface area contributed by atoms with Crippen LogP contribution in [0.15, 0.2) is 48.0 Å². The first-order valence-electron chi connectivity index (χ1n) is 7.82. The van der Waals surface area contributed by atoms with Gasteiger partial charge >= 0.3 is 0 Å². The molecule has 0 saturated heterocycles. The number of rotatable bonds is 4. The van der Waals surface area contributed by atoms with Crippen LogP contribution in [0.4, 0.5) is 5.69 Å². The normalized spacial score (nSPS) is 12.7. The third kappa shape index (κ3) is 3.71. The van der Waals surface area contributed by atoms with Gasteiger partial charge in [-0.25, -0.2) is 4.98 Å². The Morgan fingerprint density at radius 1 is 1.19 bits per heavy atom. The molecule has 2 heterocycles. The van der Waals surface area contributed by atoms with Gasteiger partial charge in [0.05, 0.1) is 16.4 Å². The fraction of sp³-hybridized carbons (Fsp3) is 0.0526. The maximum Gasteiger partial charge on any atom is 0.231 e. The number of benzene rings is 2. The number of ether oxygens (including phenoxy) is 2. The SMILES string of the molecule is N#CC(=CNc1cc(Cl)ccc1Cl)c1nc(-c2ccc3c(c2)OCO3)cs1. The van der Waals surface area contributed by atoms with Crippen molar-refractivity contribution >= 4 is 45.8 Å². The molecular formula is C19H11Cl2N3O2S. The summed E-state index contributed by atoms with van der Waals surface area (Å²) in [6, 6.07) is 12.9. The van der Waals surface area contributed by atoms with Gasteiger partial charge in [0.2, 0.25) is 6.79 Å². The standard InChI is InChI=1S/C19H11Cl2N3O2S/c20-13-2-3-14(21)15(6-13)23-8-12(7-22)19-24-16(9-27-19)11-1-4-17-18(5-11)26-10-25-17/h1-6,8-9,23H,10H2. The number of thiazole rings is 1. The van der Waals surface area contributed by atoms with Gasteiger partial charge in [-0.2, -0.15) is 5.26 Å². The number of anilines is 1. The van der Waals surface area contributed by atoms with E-state index in [0.29, 0.717) is 32.1 Å². The molecule has 0 radical (unpaired) electrons. The van der Waals surface area contributed by atoms with Crippen LogP contribution >= 0.6 is 34.5 Å². The first kappa shape index (κ1) is 17.7. The topological polar surface area (TPSA) is 67.2 Å². The van der Waals surface area contributed by atoms with Gasteiger partial charge in [0.25, 0.3) is 0 Å². The summed E-state index contributed by atoms with van der Waals surface area (Å²) < 4.78 is 10.7. The lowest BCUT2D eigenvalue weighted by Gasteiger charge is -2.04. The molecule has 0 aliphatic carbocycles. The van der Waals surface area contributed by atoms with Crippen LogP contribution in [-0.4, -0.2) is 11.8 Å². The third-order valence-corrected chi connectivity index (χ3v) is 5.26. The molecule has 0 atom stereocenters. The summed E-state index contributed by atoms with van der Waals surface area (Å²) in [5.41, 5.74) is 2.66. The third-order valence-electron chi connectivity index (χ3n) is 3.82. The van der Waals surface area contributed by atoms with E-state index in [2.05, 4.69) is 16.4 Å². The van der Waals surface area contributed by atoms with E-state index < -0.39 is 0 Å². The molecule has 1 aliphatic heterocycles. The zero-order valence-electron chi connectivity index (χ0n) is 13.7. The molecular weight excluding hydrogens is 405 g/mol. The van der Waals surface area contributed by atoms with Crippen molar-refractivity contribution in [1.29, 1.82) is 5.26 Å². The summed E-state index contributed by atoms with van der Waals surface area (Å²) in [6.07, 6.45) is 1.57. The highest BCUT2D eigenvalue weighted by molar-refractivity contribution is 7.11. The largest absolute Gasteiger partial charge is 0.454 e. The lowest BCUT2D eigenvalue weighted by Crippen LogP contribution is -1.92. The van der Waals surface area contributed by atoms with Crippen molar-refractivity contribution in [2.24, 2.45) is 0 Å². The van der Waals surface area contributed by atoms with Gasteiger partial charge in [-0.3, -0.25) is 0 Å². The fourth-order valence-corrected chi connectivity index (χ4v) is 3.62. The molecule has 0 spiro atoms. The van der Waals surface area contributed by atoms with Gasteiger partial charge in [-0.05, 0) is 36.4 Å². The summed E-state index contributed by atoms with van der Waals surface area (Å²) in [7, 11) is 0. The number of allylic oxidation sites excluding steroid dienone is 1. The van der Waals surface area contributed by atoms with Gasteiger partial charge in [0, 0.05) is 22.2 Å². The van der Waals surface area contributed by atoms with Gasteiger partial charge in [0.15, 0.2) is 11.5 Å². The van der Waals surface area contributed by atoms with Crippen molar-refractivity contribution in [2.75, 3.05) is 12.1 Å². The Hall–Kier alpha value is -2.72. The van der Waals surface area contributed by atoms with Crippen LogP contribution in [0, 0.1) is 11.3 Å². The predicted molar refractivity (Wildman–Crippen MR) is 107 cm³/mol. The smallest absolute Gasteiger partial charge is 0.231 e. The van der Waals surface area contributed by atoms with Crippen molar-refractivity contribution < 1.29 is 9.47 Å². The molecule has 8 heteroatoms. The highest BCUT2D eigenvalue weighted by Gasteiger charge is 2.16. The van der Waals surface area contributed by atoms with Gasteiger partial charge in [-0.15, -0.1) is 11.3 Å². The number of halogens is 2. The predicted octanol–water partition coefficient (Wildman–Crippen LogP) is 5.82. The molecule has 0 bridgehead atoms. The molecule has 0 unspecified atom stereocenters. The van der Waals surface area contributed by atoms with Crippen molar-refractivity contribution in [3.63, 3.8) is 0 Å². The lowest BCUT2D eigenvalue weighted by molar-refractivity contribution is 0.174. The Balaban J connectivity index is 1.59. The maximum absolute atomic E-state index is 9.50. The summed E-state index contributed by atoms with van der Waals surface area (Å²) in [5.74, 6) is 1.41. The van der Waals surface area contributed by atoms with E-state index in [1.807, 2.05) is 23.6 Å². The quantitative estimate of drug-likeness (QED) is 0.543. The van der Waals surface area contributed by atoms with Crippen molar-refractivity contribution in [2.45, 2.75) is 0 Å². The Labute approximate surface area is 169 Å². The Bertz CT molecular complexity index is 1090. The number of nitrogens with one attached hydrogen (secondary N) is 1. The van der Waals surface area contributed by atoms with Crippen LogP contribution < -0.4 is 14.8 Å². The highest BCUT2D eigenvalue weighted by atomic mass is 35.5. The number of nitrogens with zero attached hydrogens (tertiary/aromatic N) is 2. The summed E-state index contributed by atoms with van der Waals surface area (Å²) in [6.45, 7) is 0.222. The molecule has 134 valence electrons. The zero-order valence-corrected chi connectivity index (χ0v) is 16.0. The van der Waals surface area contributed by atoms with Gasteiger partial charge in [-0.1, -0.05) is 23.2 Å². The van der Waals surface area contributed by atoms with Crippen LogP contribution in [0.3, 0.4) is 0 Å². The van der Waals surface area contributed by atoms with Crippen LogP contribution in [0.25, 0.3) is 16.8 Å². The first-order chi connectivity index (χ1) is 13.1. The maximum atomic E-state index is 9.50. The molecule has 0 fully saturated rings. The minimum Gasteiger partial charge on any atom is -0.454 e. The Morgan fingerprint density at radius 2 is 2.04 bits per heavy atom. The van der Waals surface area contributed by atoms with Crippen molar-refractivity contribution in [3.05, 3.63) is 63.0 Å². The van der Waals surface area contributed by atoms with E-state index in [1.165, 1.54) is 11.3 Å². The fourth-order valence-electron chi connectivity index (χ4n) is 2.49. The monoisotopic (exact) mass is 415 g/mol. The van der Waals surface area contributed by atoms with Crippen LogP contribution in [-0.2, 0) is 0 Å². The van der Waals surface area contributed by atoms with E-state index in [9.17, 15) is 5.26 Å². The molecule has 1 N–H and O–H groups in total. The van der Waals surface area contributed by atoms with Crippen LogP contribution in [0.2, 0.25) is 10.0 Å². The highest BCUT2D eigenvalue weighted by Crippen LogP contribution is 2.36. The Morgan fingerprint density at radius 3 is 2.89 bits per heavy atom. The van der Waals surface area contributed by atoms with Crippen molar-refractivity contribution in [1.82, 2.24) is 4.98 Å². The van der Waals surface area contributed by atoms with E-state index in [0.717, 1.165) is 17.0 Å². The molecule has 1 aliphatic rings. The van der Waals surface area contributed by atoms with E-state index in [-0.39, 0.29) is 6.79 Å². The second-order valence-electron chi connectivity index (χ2n) is 5.54. The number of hydrogen-bond donors (Lipinski definition) is 1. The molecule has 2 aromatic carbocycles. The van der Waals surface area contributed by atoms with E-state index >= 15 is 0 Å². The molecule has 0 saturated carbocycles. The van der Waals surface area contributed by atoms with Crippen molar-refractivity contribution in [3.8, 4) is 28.8 Å². The summed E-state index contributed by atoms with van der Waals surface area (Å²) >= 11 is 13.5. The second kappa shape index (κ2) is 7.49. The number of nitriles is 1. The Kier molecular flexibility index (Phi) is 4.90. The minimum atomic E-state index is 0.222. The molecule has 3 aromatic rings. The lowest BCUT2D eigenvalue weighted by atomic mass is 10.1. The summed E-state index contributed by atoms with van der Waals surface area (Å²) in [4.78, 5) is 4.56. The second-order valence-corrected chi connectivity index (χ2v) is 7.25. The van der Waals surface area contributed by atoms with E-state index in [4.69, 9.17) is 32.7 Å². The molecule has 5 nitrogen and oxygen atoms in total. The first-order valence-corrected chi connectivity index (χ1v) is 9.45. The minimum absolute atomic E-state index is 0.222. The van der Waals surface area contributed by atoms with Crippen LogP contribution in [0.1, 0.15) is 5.01 Å². The zero-order chi connectivity index (χ0) is 18.8. The molecule has 1 aromatic heterocycles.